The van der Waals surface area contributed by atoms with Crippen molar-refractivity contribution in [1.82, 2.24) is 14.8 Å². The second-order valence-corrected chi connectivity index (χ2v) is 8.45. The molecule has 3 heterocycles. The molecule has 0 aliphatic carbocycles. The number of nitrogens with two attached hydrogens (primary N) is 1. The van der Waals surface area contributed by atoms with Gasteiger partial charge in [0.05, 0.1) is 18.8 Å². The Kier molecular flexibility index (Phi) is 6.11. The largest absolute Gasteiger partial charge is 0.491 e. The van der Waals surface area contributed by atoms with Crippen LogP contribution in [0.4, 0.5) is 17.1 Å². The first-order valence-corrected chi connectivity index (χ1v) is 11.3. The van der Waals surface area contributed by atoms with E-state index in [-0.39, 0.29) is 12.2 Å². The maximum Gasteiger partial charge on any atom is 0.137 e. The molecule has 0 spiro atoms. The van der Waals surface area contributed by atoms with E-state index in [4.69, 9.17) is 15.2 Å². The zero-order chi connectivity index (χ0) is 21.8. The van der Waals surface area contributed by atoms with Crippen molar-refractivity contribution in [2.45, 2.75) is 31.6 Å². The predicted molar refractivity (Wildman–Crippen MR) is 125 cm³/mol. The van der Waals surface area contributed by atoms with E-state index in [0.717, 1.165) is 57.0 Å². The molecule has 1 unspecified atom stereocenters. The average Bonchev–Trinajstić information content (AvgIpc) is 3.51. The summed E-state index contributed by atoms with van der Waals surface area (Å²) >= 11 is 0. The number of hydrogen-bond donors (Lipinski definition) is 1. The molecule has 0 amide bonds. The molecule has 168 valence electrons. The Balaban J connectivity index is 1.07. The molecule has 2 N–H and O–H groups in total. The zero-order valence-corrected chi connectivity index (χ0v) is 18.2. The second-order valence-electron chi connectivity index (χ2n) is 8.45. The number of rotatable bonds is 7. The quantitative estimate of drug-likeness (QED) is 0.573. The lowest BCUT2D eigenvalue weighted by Gasteiger charge is -2.37. The Bertz CT molecular complexity index is 969. The van der Waals surface area contributed by atoms with Gasteiger partial charge in [0, 0.05) is 43.2 Å². The van der Waals surface area contributed by atoms with Gasteiger partial charge >= 0.3 is 0 Å². The number of piperazine rings is 1. The number of nitrogen functional groups attached to an aromatic ring is 1. The van der Waals surface area contributed by atoms with E-state index >= 15 is 0 Å². The van der Waals surface area contributed by atoms with Crippen molar-refractivity contribution in [2.24, 2.45) is 0 Å². The molecule has 2 saturated heterocycles. The number of anilines is 3. The monoisotopic (exact) mass is 434 g/mol. The zero-order valence-electron chi connectivity index (χ0n) is 18.2. The lowest BCUT2D eigenvalue weighted by Crippen LogP contribution is -2.46. The minimum absolute atomic E-state index is 0.129. The minimum atomic E-state index is 0.129. The highest BCUT2D eigenvalue weighted by molar-refractivity contribution is 5.55. The third kappa shape index (κ3) is 4.96. The molecule has 0 saturated carbocycles. The van der Waals surface area contributed by atoms with Gasteiger partial charge in [-0.2, -0.15) is 5.10 Å². The number of hydrogen-bond acceptors (Lipinski definition) is 7. The van der Waals surface area contributed by atoms with Gasteiger partial charge in [-0.1, -0.05) is 0 Å². The summed E-state index contributed by atoms with van der Waals surface area (Å²) in [5.74, 6) is 0.887. The number of benzene rings is 2. The Morgan fingerprint density at radius 2 is 1.50 bits per heavy atom. The van der Waals surface area contributed by atoms with Gasteiger partial charge in [0.15, 0.2) is 0 Å². The van der Waals surface area contributed by atoms with Gasteiger partial charge in [0.2, 0.25) is 0 Å². The highest BCUT2D eigenvalue weighted by atomic mass is 16.5. The van der Waals surface area contributed by atoms with E-state index in [1.807, 2.05) is 16.8 Å². The third-order valence-electron chi connectivity index (χ3n) is 6.23. The van der Waals surface area contributed by atoms with Gasteiger partial charge in [-0.3, -0.25) is 4.68 Å². The van der Waals surface area contributed by atoms with Crippen LogP contribution >= 0.6 is 0 Å². The molecule has 2 aromatic carbocycles. The summed E-state index contributed by atoms with van der Waals surface area (Å²) in [6.07, 6.45) is 5.63. The maximum absolute atomic E-state index is 6.09. The molecule has 32 heavy (non-hydrogen) atoms. The Morgan fingerprint density at radius 1 is 0.875 bits per heavy atom. The van der Waals surface area contributed by atoms with E-state index in [2.05, 4.69) is 56.3 Å². The van der Waals surface area contributed by atoms with Crippen LogP contribution in [0.1, 0.15) is 12.8 Å². The van der Waals surface area contributed by atoms with Gasteiger partial charge in [-0.15, -0.1) is 0 Å². The predicted octanol–water partition coefficient (Wildman–Crippen LogP) is 2.81. The summed E-state index contributed by atoms with van der Waals surface area (Å²) in [6.45, 7) is 5.31. The van der Waals surface area contributed by atoms with Crippen molar-refractivity contribution >= 4 is 17.1 Å². The van der Waals surface area contributed by atoms with Crippen molar-refractivity contribution in [2.75, 3.05) is 48.3 Å². The molecular formula is C24H30N6O2. The van der Waals surface area contributed by atoms with E-state index in [1.54, 1.807) is 12.7 Å². The highest BCUT2D eigenvalue weighted by Gasteiger charge is 2.26. The van der Waals surface area contributed by atoms with Gasteiger partial charge in [0.25, 0.3) is 0 Å². The highest BCUT2D eigenvalue weighted by Crippen LogP contribution is 2.25. The first-order valence-electron chi connectivity index (χ1n) is 11.3. The van der Waals surface area contributed by atoms with Crippen LogP contribution in [0.25, 0.3) is 0 Å². The summed E-state index contributed by atoms with van der Waals surface area (Å²) in [5, 5.41) is 4.15. The first-order chi connectivity index (χ1) is 15.7. The van der Waals surface area contributed by atoms with Crippen LogP contribution in [0, 0.1) is 0 Å². The van der Waals surface area contributed by atoms with Crippen molar-refractivity contribution in [3.05, 3.63) is 61.2 Å². The SMILES string of the molecule is Nc1ccc(N2CCN(c3ccc(OC[C@H]4CCC(Cn5cncn5)O4)cc3)CC2)cc1. The summed E-state index contributed by atoms with van der Waals surface area (Å²) in [5.41, 5.74) is 9.08. The van der Waals surface area contributed by atoms with E-state index in [1.165, 1.54) is 11.4 Å². The number of nitrogens with zero attached hydrogens (tertiary/aromatic N) is 5. The molecule has 2 fully saturated rings. The van der Waals surface area contributed by atoms with Crippen LogP contribution in [-0.4, -0.2) is 59.8 Å². The summed E-state index contributed by atoms with van der Waals surface area (Å²) < 4.78 is 13.9. The molecule has 8 heteroatoms. The van der Waals surface area contributed by atoms with Crippen LogP contribution in [0.5, 0.6) is 5.75 Å². The second kappa shape index (κ2) is 9.48. The fourth-order valence-electron chi connectivity index (χ4n) is 4.42. The van der Waals surface area contributed by atoms with Crippen LogP contribution in [-0.2, 0) is 11.3 Å². The van der Waals surface area contributed by atoms with Crippen LogP contribution in [0.2, 0.25) is 0 Å². The maximum atomic E-state index is 6.09. The number of ether oxygens (including phenoxy) is 2. The van der Waals surface area contributed by atoms with Gasteiger partial charge in [-0.05, 0) is 61.4 Å². The summed E-state index contributed by atoms with van der Waals surface area (Å²) in [4.78, 5) is 8.81. The third-order valence-corrected chi connectivity index (χ3v) is 6.23. The first kappa shape index (κ1) is 20.6. The van der Waals surface area contributed by atoms with E-state index < -0.39 is 0 Å². The fraction of sp³-hybridized carbons (Fsp3) is 0.417. The summed E-state index contributed by atoms with van der Waals surface area (Å²) in [7, 11) is 0. The van der Waals surface area contributed by atoms with Gasteiger partial charge in [0.1, 0.15) is 25.0 Å². The molecule has 0 radical (unpaired) electrons. The van der Waals surface area contributed by atoms with E-state index in [0.29, 0.717) is 6.61 Å². The van der Waals surface area contributed by atoms with E-state index in [9.17, 15) is 0 Å². The van der Waals surface area contributed by atoms with Crippen molar-refractivity contribution in [3.63, 3.8) is 0 Å². The molecule has 1 aromatic heterocycles. The molecular weight excluding hydrogens is 404 g/mol. The minimum Gasteiger partial charge on any atom is -0.491 e. The summed E-state index contributed by atoms with van der Waals surface area (Å²) in [6, 6.07) is 16.5. The molecule has 8 nitrogen and oxygen atoms in total. The molecule has 5 rings (SSSR count). The van der Waals surface area contributed by atoms with Gasteiger partial charge < -0.3 is 25.0 Å². The smallest absolute Gasteiger partial charge is 0.137 e. The topological polar surface area (TPSA) is 81.7 Å². The van der Waals surface area contributed by atoms with Crippen molar-refractivity contribution in [1.29, 1.82) is 0 Å². The molecule has 2 aliphatic rings. The standard InChI is InChI=1S/C24H30N6O2/c25-19-1-3-20(4-2-19)28-11-13-29(14-12-28)21-5-7-22(8-6-21)31-16-24-10-9-23(32-24)15-30-18-26-17-27-30/h1-8,17-18,23-24H,9-16,25H2/t23?,24-/m1/s1. The fourth-order valence-corrected chi connectivity index (χ4v) is 4.42. The molecule has 3 aromatic rings. The van der Waals surface area contributed by atoms with Crippen LogP contribution < -0.4 is 20.3 Å². The molecule has 2 atom stereocenters. The Hall–Kier alpha value is -3.26. The van der Waals surface area contributed by atoms with Crippen LogP contribution in [0.3, 0.4) is 0 Å². The van der Waals surface area contributed by atoms with Crippen LogP contribution in [0.15, 0.2) is 61.2 Å². The lowest BCUT2D eigenvalue weighted by molar-refractivity contribution is 0.00928. The lowest BCUT2D eigenvalue weighted by atomic mass is 10.2. The van der Waals surface area contributed by atoms with Crippen molar-refractivity contribution in [3.8, 4) is 5.75 Å². The molecule has 0 bridgehead atoms. The Labute approximate surface area is 188 Å². The Morgan fingerprint density at radius 3 is 2.12 bits per heavy atom. The average molecular weight is 435 g/mol. The van der Waals surface area contributed by atoms with Gasteiger partial charge in [-0.25, -0.2) is 4.98 Å². The number of aromatic nitrogens is 3. The van der Waals surface area contributed by atoms with Crippen molar-refractivity contribution < 1.29 is 9.47 Å². The normalized spacial score (nSPS) is 21.1. The molecule has 2 aliphatic heterocycles.